The van der Waals surface area contributed by atoms with E-state index >= 15 is 0 Å². The molecule has 39 heavy (non-hydrogen) atoms. The molecule has 1 fully saturated rings. The minimum Gasteiger partial charge on any atom is -0.242 e. The van der Waals surface area contributed by atoms with Gasteiger partial charge in [-0.2, -0.15) is 26.3 Å². The van der Waals surface area contributed by atoms with Crippen molar-refractivity contribution in [1.29, 1.82) is 0 Å². The normalized spacial score (nSPS) is 23.8. The quantitative estimate of drug-likeness (QED) is 0.306. The molecule has 1 aliphatic heterocycles. The van der Waals surface area contributed by atoms with Crippen molar-refractivity contribution in [2.24, 2.45) is 0 Å². The molecule has 1 heterocycles. The van der Waals surface area contributed by atoms with Crippen LogP contribution >= 0.6 is 0 Å². The zero-order chi connectivity index (χ0) is 29.4. The van der Waals surface area contributed by atoms with Gasteiger partial charge in [0.1, 0.15) is 21.5 Å². The summed E-state index contributed by atoms with van der Waals surface area (Å²) in [6.07, 6.45) is -13.1. The second-order valence-electron chi connectivity index (χ2n) is 10.7. The van der Waals surface area contributed by atoms with Crippen molar-refractivity contribution in [2.75, 3.05) is 6.54 Å². The fraction of sp³-hybridized carbons (Fsp3) is 0.520. The van der Waals surface area contributed by atoms with E-state index < -0.39 is 65.8 Å². The van der Waals surface area contributed by atoms with E-state index in [-0.39, 0.29) is 41.8 Å². The molecule has 0 radical (unpaired) electrons. The monoisotopic (exact) mass is 603 g/mol. The van der Waals surface area contributed by atoms with Gasteiger partial charge in [-0.3, -0.25) is 0 Å². The van der Waals surface area contributed by atoms with Gasteiger partial charge < -0.3 is 0 Å². The number of nitrogens with zero attached hydrogens (tertiary/aromatic N) is 1. The van der Waals surface area contributed by atoms with Crippen molar-refractivity contribution in [3.63, 3.8) is 0 Å². The van der Waals surface area contributed by atoms with Gasteiger partial charge in [0.2, 0.25) is 0 Å². The van der Waals surface area contributed by atoms with Gasteiger partial charge in [-0.25, -0.2) is 25.7 Å². The maximum Gasteiger partial charge on any atom is 0.435 e. The molecule has 0 spiro atoms. The van der Waals surface area contributed by atoms with Crippen molar-refractivity contribution < 1.29 is 47.8 Å². The summed E-state index contributed by atoms with van der Waals surface area (Å²) in [6, 6.07) is 4.43. The van der Waals surface area contributed by atoms with Crippen LogP contribution < -0.4 is 0 Å². The highest BCUT2D eigenvalue weighted by Crippen LogP contribution is 2.57. The first kappa shape index (κ1) is 29.9. The first-order valence-corrected chi connectivity index (χ1v) is 14.4. The molecular formula is C25H25F8NO3S2. The summed E-state index contributed by atoms with van der Waals surface area (Å²) in [5.41, 5.74) is -7.66. The van der Waals surface area contributed by atoms with E-state index in [1.165, 1.54) is 4.31 Å². The van der Waals surface area contributed by atoms with Gasteiger partial charge in [0, 0.05) is 18.2 Å². The summed E-state index contributed by atoms with van der Waals surface area (Å²) in [5, 5.41) is 0. The molecule has 14 heteroatoms. The largest absolute Gasteiger partial charge is 0.435 e. The van der Waals surface area contributed by atoms with E-state index in [4.69, 9.17) is 0 Å². The van der Waals surface area contributed by atoms with Crippen LogP contribution in [0.15, 0.2) is 47.4 Å². The molecule has 0 amide bonds. The number of halogens is 8. The maximum absolute atomic E-state index is 14.9. The molecule has 4 rings (SSSR count). The maximum atomic E-state index is 14.9. The number of aryl methyl sites for hydroxylation is 1. The Hall–Kier alpha value is -2.06. The van der Waals surface area contributed by atoms with E-state index in [0.717, 1.165) is 30.3 Å². The molecular weight excluding hydrogens is 578 g/mol. The highest BCUT2D eigenvalue weighted by molar-refractivity contribution is 7.92. The predicted molar refractivity (Wildman–Crippen MR) is 128 cm³/mol. The fourth-order valence-electron chi connectivity index (χ4n) is 5.56. The standard InChI is InChI=1S/C25H25F8NO3S2/c1-21(2,3)38(35)34-13-12-22(39(36,37)18-8-6-17(26)7-9-18)19-10-5-16(14-15(19)4-11-20(22)34)23(27,24(28,29)30)25(31,32)33/h5-10,14,20H,4,11-13H2,1-3H3/t20-,22-,38-/m1/s1. The van der Waals surface area contributed by atoms with Gasteiger partial charge >= 0.3 is 18.0 Å². The first-order chi connectivity index (χ1) is 17.7. The Bertz CT molecular complexity index is 1380. The van der Waals surface area contributed by atoms with Crippen LogP contribution in [0.25, 0.3) is 0 Å². The van der Waals surface area contributed by atoms with Crippen LogP contribution in [0.5, 0.6) is 0 Å². The first-order valence-electron chi connectivity index (χ1n) is 11.8. The Morgan fingerprint density at radius 2 is 1.49 bits per heavy atom. The molecule has 0 aromatic heterocycles. The summed E-state index contributed by atoms with van der Waals surface area (Å²) in [4.78, 5) is -0.320. The lowest BCUT2D eigenvalue weighted by molar-refractivity contribution is -0.348. The van der Waals surface area contributed by atoms with Gasteiger partial charge in [0.05, 0.1) is 9.64 Å². The molecule has 0 N–H and O–H groups in total. The SMILES string of the molecule is CC(C)(C)[S@@](=O)N1CC[C@@]2(S(=O)(=O)c3ccc(F)cc3)c3ccc(C(F)(C(F)(F)F)C(F)(F)F)cc3CC[C@@H]12. The second kappa shape index (κ2) is 9.23. The lowest BCUT2D eigenvalue weighted by Gasteiger charge is -2.43. The van der Waals surface area contributed by atoms with E-state index in [9.17, 15) is 47.8 Å². The zero-order valence-electron chi connectivity index (χ0n) is 21.0. The van der Waals surface area contributed by atoms with Crippen LogP contribution in [0.1, 0.15) is 50.3 Å². The van der Waals surface area contributed by atoms with E-state index in [1.807, 2.05) is 0 Å². The molecule has 4 nitrogen and oxygen atoms in total. The lowest BCUT2D eigenvalue weighted by Crippen LogP contribution is -2.53. The Labute approximate surface area is 222 Å². The van der Waals surface area contributed by atoms with Crippen molar-refractivity contribution in [2.45, 2.75) is 78.5 Å². The van der Waals surface area contributed by atoms with E-state index in [2.05, 4.69) is 0 Å². The highest BCUT2D eigenvalue weighted by atomic mass is 32.2. The Kier molecular flexibility index (Phi) is 7.08. The number of hydrogen-bond acceptors (Lipinski definition) is 3. The zero-order valence-corrected chi connectivity index (χ0v) is 22.6. The molecule has 2 aliphatic rings. The van der Waals surface area contributed by atoms with E-state index in [1.54, 1.807) is 20.8 Å². The number of hydrogen-bond donors (Lipinski definition) is 0. The molecule has 0 saturated carbocycles. The summed E-state index contributed by atoms with van der Waals surface area (Å²) in [7, 11) is -6.21. The van der Waals surface area contributed by atoms with Gasteiger partial charge in [-0.05, 0) is 75.4 Å². The average molecular weight is 604 g/mol. The smallest absolute Gasteiger partial charge is 0.242 e. The van der Waals surface area contributed by atoms with Crippen LogP contribution in [0.2, 0.25) is 0 Å². The molecule has 2 aromatic carbocycles. The van der Waals surface area contributed by atoms with Gasteiger partial charge in [-0.1, -0.05) is 18.2 Å². The third-order valence-electron chi connectivity index (χ3n) is 7.36. The minimum atomic E-state index is -6.33. The van der Waals surface area contributed by atoms with Gasteiger partial charge in [0.25, 0.3) is 0 Å². The summed E-state index contributed by atoms with van der Waals surface area (Å²) in [5.74, 6) is -0.725. The predicted octanol–water partition coefficient (Wildman–Crippen LogP) is 6.27. The third kappa shape index (κ3) is 4.41. The van der Waals surface area contributed by atoms with Gasteiger partial charge in [-0.15, -0.1) is 0 Å². The number of fused-ring (bicyclic) bond motifs is 3. The molecule has 0 unspecified atom stereocenters. The van der Waals surface area contributed by atoms with Crippen molar-refractivity contribution >= 4 is 20.8 Å². The Morgan fingerprint density at radius 1 is 0.923 bits per heavy atom. The molecule has 216 valence electrons. The van der Waals surface area contributed by atoms with Crippen molar-refractivity contribution in [3.05, 3.63) is 65.0 Å². The lowest BCUT2D eigenvalue weighted by atomic mass is 9.77. The molecule has 0 bridgehead atoms. The number of sulfone groups is 1. The summed E-state index contributed by atoms with van der Waals surface area (Å²) >= 11 is 0. The fourth-order valence-corrected chi connectivity index (χ4v) is 9.47. The van der Waals surface area contributed by atoms with Crippen molar-refractivity contribution in [1.82, 2.24) is 4.31 Å². The topological polar surface area (TPSA) is 54.5 Å². The third-order valence-corrected chi connectivity index (χ3v) is 11.8. The average Bonchev–Trinajstić information content (AvgIpc) is 3.22. The minimum absolute atomic E-state index is 0.00564. The van der Waals surface area contributed by atoms with Crippen molar-refractivity contribution in [3.8, 4) is 0 Å². The van der Waals surface area contributed by atoms with Crippen LogP contribution in [-0.4, -0.2) is 46.6 Å². The summed E-state index contributed by atoms with van der Waals surface area (Å²) in [6.45, 7) is 5.02. The summed E-state index contributed by atoms with van der Waals surface area (Å²) < 4.78 is 150. The Morgan fingerprint density at radius 3 is 2.00 bits per heavy atom. The molecule has 1 aliphatic carbocycles. The van der Waals surface area contributed by atoms with Crippen LogP contribution in [0.4, 0.5) is 35.1 Å². The molecule has 3 atom stereocenters. The van der Waals surface area contributed by atoms with Gasteiger partial charge in [0.15, 0.2) is 9.84 Å². The molecule has 2 aromatic rings. The Balaban J connectivity index is 1.97. The number of alkyl halides is 7. The van der Waals surface area contributed by atoms with Crippen LogP contribution in [-0.2, 0) is 37.7 Å². The second-order valence-corrected chi connectivity index (χ2v) is 15.1. The van der Waals surface area contributed by atoms with E-state index in [0.29, 0.717) is 12.1 Å². The number of rotatable bonds is 4. The molecule has 1 saturated heterocycles. The number of benzene rings is 2. The highest BCUT2D eigenvalue weighted by Gasteiger charge is 2.74. The van der Waals surface area contributed by atoms with Crippen LogP contribution in [0.3, 0.4) is 0 Å². The van der Waals surface area contributed by atoms with Crippen LogP contribution in [0, 0.1) is 5.82 Å².